The molecule has 4 heterocycles. The Balaban J connectivity index is 1.53. The van der Waals surface area contributed by atoms with Crippen molar-refractivity contribution < 1.29 is 14.1 Å². The lowest BCUT2D eigenvalue weighted by Crippen LogP contribution is -2.34. The predicted molar refractivity (Wildman–Crippen MR) is 129 cm³/mol. The van der Waals surface area contributed by atoms with Gasteiger partial charge in [0, 0.05) is 36.2 Å². The summed E-state index contributed by atoms with van der Waals surface area (Å²) >= 11 is 2.86. The van der Waals surface area contributed by atoms with Gasteiger partial charge < -0.3 is 9.32 Å². The van der Waals surface area contributed by atoms with E-state index in [1.807, 2.05) is 6.07 Å². The Bertz CT molecular complexity index is 1440. The number of thiophene rings is 1. The first-order valence-electron chi connectivity index (χ1n) is 10.6. The summed E-state index contributed by atoms with van der Waals surface area (Å²) in [5, 5.41) is 12.1. The van der Waals surface area contributed by atoms with Crippen molar-refractivity contribution in [2.45, 2.75) is 37.3 Å². The average Bonchev–Trinajstić information content (AvgIpc) is 3.47. The summed E-state index contributed by atoms with van der Waals surface area (Å²) in [6, 6.07) is 9.94. The molecule has 1 aliphatic heterocycles. The van der Waals surface area contributed by atoms with Crippen LogP contribution in [0.1, 0.15) is 28.7 Å². The molecule has 1 aromatic carbocycles. The number of nitrogens with zero attached hydrogens (tertiary/aromatic N) is 4. The highest BCUT2D eigenvalue weighted by Crippen LogP contribution is 2.34. The molecule has 0 radical (unpaired) electrons. The summed E-state index contributed by atoms with van der Waals surface area (Å²) < 4.78 is 7.12. The molecule has 11 heteroatoms. The van der Waals surface area contributed by atoms with Gasteiger partial charge >= 0.3 is 0 Å². The zero-order valence-corrected chi connectivity index (χ0v) is 19.9. The van der Waals surface area contributed by atoms with Gasteiger partial charge in [-0.15, -0.1) is 11.3 Å². The molecule has 5 rings (SSSR count). The highest BCUT2D eigenvalue weighted by molar-refractivity contribution is 7.98. The van der Waals surface area contributed by atoms with Gasteiger partial charge in [0.15, 0.2) is 5.16 Å². The molecule has 4 aromatic rings. The molecular formula is C23H20N4O5S2. The lowest BCUT2D eigenvalue weighted by atomic mass is 10.1. The Kier molecular flexibility index (Phi) is 5.96. The van der Waals surface area contributed by atoms with Crippen LogP contribution in [0.4, 0.5) is 5.69 Å². The number of amides is 1. The van der Waals surface area contributed by atoms with E-state index in [0.29, 0.717) is 46.4 Å². The number of furan rings is 1. The first-order valence-corrected chi connectivity index (χ1v) is 12.4. The summed E-state index contributed by atoms with van der Waals surface area (Å²) in [5.41, 5.74) is 1.78. The molecule has 9 nitrogen and oxygen atoms in total. The molecule has 34 heavy (non-hydrogen) atoms. The number of hydrogen-bond donors (Lipinski definition) is 0. The van der Waals surface area contributed by atoms with Crippen molar-refractivity contribution in [2.75, 3.05) is 6.54 Å². The fourth-order valence-corrected chi connectivity index (χ4v) is 6.23. The predicted octanol–water partition coefficient (Wildman–Crippen LogP) is 4.20. The monoisotopic (exact) mass is 496 g/mol. The van der Waals surface area contributed by atoms with Crippen LogP contribution in [0.25, 0.3) is 10.2 Å². The molecule has 1 aliphatic rings. The van der Waals surface area contributed by atoms with E-state index < -0.39 is 4.92 Å². The van der Waals surface area contributed by atoms with Crippen molar-refractivity contribution in [3.8, 4) is 0 Å². The Morgan fingerprint density at radius 2 is 2.09 bits per heavy atom. The quantitative estimate of drug-likeness (QED) is 0.170. The Morgan fingerprint density at radius 1 is 1.29 bits per heavy atom. The molecule has 0 bridgehead atoms. The SMILES string of the molecule is CC(=O)N1CCc2c(sc3nc(SCc4ccc([N+](=O)[O-])cc4)n(Cc4ccco4)c(=O)c23)C1. The number of carbonyl (C=O) groups is 1. The normalized spacial score (nSPS) is 13.3. The van der Waals surface area contributed by atoms with Gasteiger partial charge in [-0.25, -0.2) is 4.98 Å². The Morgan fingerprint density at radius 3 is 2.76 bits per heavy atom. The number of non-ortho nitro benzene ring substituents is 1. The van der Waals surface area contributed by atoms with Crippen LogP contribution in [-0.2, 0) is 30.1 Å². The second-order valence-corrected chi connectivity index (χ2v) is 9.98. The Hall–Kier alpha value is -3.44. The van der Waals surface area contributed by atoms with Gasteiger partial charge in [-0.3, -0.25) is 24.3 Å². The lowest BCUT2D eigenvalue weighted by molar-refractivity contribution is -0.384. The van der Waals surface area contributed by atoms with E-state index in [1.54, 1.807) is 40.9 Å². The van der Waals surface area contributed by atoms with Crippen LogP contribution in [-0.4, -0.2) is 31.8 Å². The third kappa shape index (κ3) is 4.24. The van der Waals surface area contributed by atoms with Gasteiger partial charge in [-0.2, -0.15) is 0 Å². The van der Waals surface area contributed by atoms with Crippen molar-refractivity contribution >= 4 is 44.9 Å². The number of hydrogen-bond acceptors (Lipinski definition) is 8. The molecule has 0 atom stereocenters. The zero-order chi connectivity index (χ0) is 23.8. The van der Waals surface area contributed by atoms with E-state index >= 15 is 0 Å². The molecule has 0 fully saturated rings. The van der Waals surface area contributed by atoms with Gasteiger partial charge in [-0.1, -0.05) is 23.9 Å². The van der Waals surface area contributed by atoms with Crippen LogP contribution in [0.5, 0.6) is 0 Å². The van der Waals surface area contributed by atoms with E-state index in [4.69, 9.17) is 9.40 Å². The van der Waals surface area contributed by atoms with Gasteiger partial charge in [-0.05, 0) is 29.7 Å². The van der Waals surface area contributed by atoms with E-state index in [2.05, 4.69) is 0 Å². The van der Waals surface area contributed by atoms with E-state index in [1.165, 1.54) is 35.2 Å². The first-order chi connectivity index (χ1) is 16.4. The lowest BCUT2D eigenvalue weighted by Gasteiger charge is -2.25. The highest BCUT2D eigenvalue weighted by Gasteiger charge is 2.26. The maximum absolute atomic E-state index is 13.7. The maximum Gasteiger partial charge on any atom is 0.269 e. The van der Waals surface area contributed by atoms with Gasteiger partial charge in [0.1, 0.15) is 10.6 Å². The molecular weight excluding hydrogens is 476 g/mol. The fourth-order valence-electron chi connectivity index (χ4n) is 4.00. The number of fused-ring (bicyclic) bond motifs is 3. The highest BCUT2D eigenvalue weighted by atomic mass is 32.2. The van der Waals surface area contributed by atoms with Crippen molar-refractivity contribution in [1.29, 1.82) is 0 Å². The third-order valence-corrected chi connectivity index (χ3v) is 7.94. The van der Waals surface area contributed by atoms with E-state index in [9.17, 15) is 19.7 Å². The smallest absolute Gasteiger partial charge is 0.269 e. The number of thioether (sulfide) groups is 1. The summed E-state index contributed by atoms with van der Waals surface area (Å²) in [6.07, 6.45) is 2.20. The number of carbonyl (C=O) groups excluding carboxylic acids is 1. The van der Waals surface area contributed by atoms with Gasteiger partial charge in [0.2, 0.25) is 5.91 Å². The molecule has 0 spiro atoms. The molecule has 0 unspecified atom stereocenters. The zero-order valence-electron chi connectivity index (χ0n) is 18.2. The first kappa shape index (κ1) is 22.4. The molecule has 174 valence electrons. The molecule has 0 saturated carbocycles. The third-order valence-electron chi connectivity index (χ3n) is 5.78. The van der Waals surface area contributed by atoms with Crippen molar-refractivity contribution in [3.05, 3.63) is 84.9 Å². The molecule has 0 aliphatic carbocycles. The molecule has 3 aromatic heterocycles. The van der Waals surface area contributed by atoms with E-state index in [0.717, 1.165) is 16.0 Å². The topological polar surface area (TPSA) is 111 Å². The van der Waals surface area contributed by atoms with Crippen molar-refractivity contribution in [2.24, 2.45) is 0 Å². The van der Waals surface area contributed by atoms with E-state index in [-0.39, 0.29) is 23.7 Å². The summed E-state index contributed by atoms with van der Waals surface area (Å²) in [7, 11) is 0. The average molecular weight is 497 g/mol. The van der Waals surface area contributed by atoms with Crippen LogP contribution in [0.2, 0.25) is 0 Å². The minimum absolute atomic E-state index is 0.0191. The van der Waals surface area contributed by atoms with Crippen molar-refractivity contribution in [1.82, 2.24) is 14.5 Å². The van der Waals surface area contributed by atoms with Crippen LogP contribution in [0.15, 0.2) is 57.0 Å². The minimum atomic E-state index is -0.431. The van der Waals surface area contributed by atoms with Crippen LogP contribution in [0, 0.1) is 10.1 Å². The number of nitro groups is 1. The summed E-state index contributed by atoms with van der Waals surface area (Å²) in [5.74, 6) is 1.16. The van der Waals surface area contributed by atoms with Gasteiger partial charge in [0.25, 0.3) is 11.2 Å². The fraction of sp³-hybridized carbons (Fsp3) is 0.261. The number of nitro benzene ring substituents is 1. The maximum atomic E-state index is 13.7. The Labute approximate surface area is 202 Å². The second-order valence-electron chi connectivity index (χ2n) is 7.95. The van der Waals surface area contributed by atoms with Crippen LogP contribution in [0.3, 0.4) is 0 Å². The number of aromatic nitrogens is 2. The summed E-state index contributed by atoms with van der Waals surface area (Å²) in [4.78, 5) is 44.3. The largest absolute Gasteiger partial charge is 0.467 e. The second kappa shape index (κ2) is 9.07. The van der Waals surface area contributed by atoms with Crippen LogP contribution < -0.4 is 5.56 Å². The van der Waals surface area contributed by atoms with Crippen LogP contribution >= 0.6 is 23.1 Å². The van der Waals surface area contributed by atoms with Crippen molar-refractivity contribution in [3.63, 3.8) is 0 Å². The number of benzene rings is 1. The minimum Gasteiger partial charge on any atom is -0.467 e. The standard InChI is InChI=1S/C23H20N4O5S2/c1-14(28)25-9-8-18-19(12-25)34-21-20(18)22(29)26(11-17-3-2-10-32-17)23(24-21)33-13-15-4-6-16(7-5-15)27(30)31/h2-7,10H,8-9,11-13H2,1H3. The summed E-state index contributed by atoms with van der Waals surface area (Å²) in [6.45, 7) is 2.89. The molecule has 0 saturated heterocycles. The molecule has 1 amide bonds. The molecule has 0 N–H and O–H groups in total. The number of rotatable bonds is 6. The van der Waals surface area contributed by atoms with Gasteiger partial charge in [0.05, 0.1) is 29.7 Å².